The number of hydrogen-bond donors (Lipinski definition) is 2. The number of aliphatic hydroxyl groups excluding tert-OH is 1. The van der Waals surface area contributed by atoms with Gasteiger partial charge >= 0.3 is 0 Å². The highest BCUT2D eigenvalue weighted by atomic mass is 79.9. The summed E-state index contributed by atoms with van der Waals surface area (Å²) in [6.45, 7) is 3.61. The Kier molecular flexibility index (Phi) is 6.61. The Morgan fingerprint density at radius 3 is 2.62 bits per heavy atom. The number of anilines is 1. The van der Waals surface area contributed by atoms with Gasteiger partial charge in [-0.15, -0.1) is 0 Å². The Balaban J connectivity index is 1.74. The van der Waals surface area contributed by atoms with Crippen molar-refractivity contribution in [3.8, 4) is 22.8 Å². The van der Waals surface area contributed by atoms with Gasteiger partial charge in [-0.3, -0.25) is 4.79 Å². The summed E-state index contributed by atoms with van der Waals surface area (Å²) in [4.78, 5) is 12.5. The second-order valence-electron chi connectivity index (χ2n) is 6.57. The minimum absolute atomic E-state index is 0.148. The lowest BCUT2D eigenvalue weighted by Crippen LogP contribution is -2.21. The summed E-state index contributed by atoms with van der Waals surface area (Å²) in [6.07, 6.45) is 0. The molecule has 2 aromatic carbocycles. The van der Waals surface area contributed by atoms with E-state index in [1.807, 2.05) is 32.0 Å². The number of hydrogen-bond acceptors (Lipinski definition) is 5. The van der Waals surface area contributed by atoms with Crippen molar-refractivity contribution in [3.63, 3.8) is 0 Å². The number of furan rings is 1. The molecular weight excluding hydrogens is 438 g/mol. The maximum absolute atomic E-state index is 12.5. The molecule has 0 aliphatic heterocycles. The van der Waals surface area contributed by atoms with Crippen LogP contribution in [0.4, 0.5) is 5.69 Å². The summed E-state index contributed by atoms with van der Waals surface area (Å²) in [5.74, 6) is 1.89. The van der Waals surface area contributed by atoms with Crippen molar-refractivity contribution in [1.29, 1.82) is 0 Å². The van der Waals surface area contributed by atoms with E-state index in [9.17, 15) is 9.90 Å². The first-order valence-corrected chi connectivity index (χ1v) is 9.78. The maximum Gasteiger partial charge on any atom is 0.262 e. The van der Waals surface area contributed by atoms with E-state index in [2.05, 4.69) is 21.2 Å². The molecule has 29 heavy (non-hydrogen) atoms. The van der Waals surface area contributed by atoms with Gasteiger partial charge in [-0.25, -0.2) is 0 Å². The van der Waals surface area contributed by atoms with Crippen LogP contribution < -0.4 is 14.8 Å². The molecule has 0 aliphatic carbocycles. The lowest BCUT2D eigenvalue weighted by Gasteiger charge is -2.14. The number of rotatable bonds is 7. The summed E-state index contributed by atoms with van der Waals surface area (Å²) >= 11 is 3.48. The van der Waals surface area contributed by atoms with Crippen LogP contribution in [0, 0.1) is 13.8 Å². The fourth-order valence-electron chi connectivity index (χ4n) is 2.99. The number of ether oxygens (including phenoxy) is 2. The predicted molar refractivity (Wildman–Crippen MR) is 114 cm³/mol. The number of benzene rings is 2. The minimum atomic E-state index is -0.317. The molecule has 3 rings (SSSR count). The van der Waals surface area contributed by atoms with Crippen LogP contribution in [0.1, 0.15) is 16.9 Å². The third-order valence-electron chi connectivity index (χ3n) is 4.30. The Labute approximate surface area is 177 Å². The molecule has 3 aromatic rings. The summed E-state index contributed by atoms with van der Waals surface area (Å²) in [5, 5.41) is 12.0. The molecule has 2 N–H and O–H groups in total. The summed E-state index contributed by atoms with van der Waals surface area (Å²) in [7, 11) is 1.53. The SMILES string of the molecule is COc1ccc(-c2ccc(CO)o2)cc1NC(=O)COc1c(C)cc(C)cc1Br. The van der Waals surface area contributed by atoms with Gasteiger partial charge in [0, 0.05) is 5.56 Å². The van der Waals surface area contributed by atoms with Gasteiger partial charge in [0.15, 0.2) is 6.61 Å². The van der Waals surface area contributed by atoms with E-state index in [1.165, 1.54) is 7.11 Å². The number of aliphatic hydroxyl groups is 1. The zero-order valence-electron chi connectivity index (χ0n) is 16.4. The van der Waals surface area contributed by atoms with Crippen molar-refractivity contribution >= 4 is 27.5 Å². The molecular formula is C22H22BrNO5. The number of nitrogens with one attached hydrogen (secondary N) is 1. The quantitative estimate of drug-likeness (QED) is 0.527. The first kappa shape index (κ1) is 21.0. The Bertz CT molecular complexity index is 1000. The predicted octanol–water partition coefficient (Wildman–Crippen LogP) is 4.84. The van der Waals surface area contributed by atoms with Crippen molar-refractivity contribution < 1.29 is 23.8 Å². The molecule has 1 amide bonds. The van der Waals surface area contributed by atoms with Gasteiger partial charge in [0.2, 0.25) is 0 Å². The van der Waals surface area contributed by atoms with E-state index < -0.39 is 0 Å². The fourth-order valence-corrected chi connectivity index (χ4v) is 3.77. The van der Waals surface area contributed by atoms with Gasteiger partial charge in [0.1, 0.15) is 29.6 Å². The van der Waals surface area contributed by atoms with Crippen LogP contribution in [-0.4, -0.2) is 24.7 Å². The fraction of sp³-hybridized carbons (Fsp3) is 0.227. The Morgan fingerprint density at radius 2 is 1.97 bits per heavy atom. The summed E-state index contributed by atoms with van der Waals surface area (Å²) in [6, 6.07) is 12.7. The van der Waals surface area contributed by atoms with Gasteiger partial charge in [-0.05, 0) is 77.3 Å². The zero-order valence-corrected chi connectivity index (χ0v) is 18.0. The normalized spacial score (nSPS) is 10.7. The number of carbonyl (C=O) groups is 1. The van der Waals surface area contributed by atoms with Gasteiger partial charge in [-0.2, -0.15) is 0 Å². The van der Waals surface area contributed by atoms with Crippen molar-refractivity contribution in [1.82, 2.24) is 0 Å². The molecule has 0 aliphatic rings. The summed E-state index contributed by atoms with van der Waals surface area (Å²) < 4.78 is 17.4. The molecule has 0 saturated heterocycles. The Morgan fingerprint density at radius 1 is 1.17 bits per heavy atom. The van der Waals surface area contributed by atoms with Crippen LogP contribution in [0.2, 0.25) is 0 Å². The average Bonchev–Trinajstić information content (AvgIpc) is 3.16. The number of carbonyl (C=O) groups excluding carboxylic acids is 1. The molecule has 1 heterocycles. The molecule has 152 valence electrons. The Hall–Kier alpha value is -2.77. The topological polar surface area (TPSA) is 80.9 Å². The molecule has 0 atom stereocenters. The molecule has 0 radical (unpaired) electrons. The second kappa shape index (κ2) is 9.15. The van der Waals surface area contributed by atoms with Gasteiger partial charge in [0.25, 0.3) is 5.91 Å². The molecule has 1 aromatic heterocycles. The lowest BCUT2D eigenvalue weighted by molar-refractivity contribution is -0.118. The average molecular weight is 460 g/mol. The van der Waals surface area contributed by atoms with Crippen LogP contribution in [0.25, 0.3) is 11.3 Å². The van der Waals surface area contributed by atoms with Crippen LogP contribution in [0.15, 0.2) is 51.4 Å². The van der Waals surface area contributed by atoms with Gasteiger partial charge in [-0.1, -0.05) is 6.07 Å². The lowest BCUT2D eigenvalue weighted by atomic mass is 10.1. The van der Waals surface area contributed by atoms with Crippen molar-refractivity contribution in [2.45, 2.75) is 20.5 Å². The van der Waals surface area contributed by atoms with E-state index in [0.29, 0.717) is 28.7 Å². The zero-order chi connectivity index (χ0) is 21.0. The highest BCUT2D eigenvalue weighted by Crippen LogP contribution is 2.32. The highest BCUT2D eigenvalue weighted by Gasteiger charge is 2.14. The second-order valence-corrected chi connectivity index (χ2v) is 7.42. The van der Waals surface area contributed by atoms with E-state index in [-0.39, 0.29) is 19.1 Å². The molecule has 6 nitrogen and oxygen atoms in total. The standard InChI is InChI=1S/C22H22BrNO5/c1-13-8-14(2)22(17(23)9-13)28-12-21(26)24-18-10-15(4-6-20(18)27-3)19-7-5-16(11-25)29-19/h4-10,25H,11-12H2,1-3H3,(H,24,26). The van der Waals surface area contributed by atoms with E-state index in [4.69, 9.17) is 13.9 Å². The van der Waals surface area contributed by atoms with Crippen molar-refractivity contribution in [2.75, 3.05) is 19.0 Å². The molecule has 0 unspecified atom stereocenters. The third kappa shape index (κ3) is 4.99. The molecule has 0 spiro atoms. The third-order valence-corrected chi connectivity index (χ3v) is 4.89. The number of amides is 1. The number of aryl methyl sites for hydroxylation is 2. The first-order valence-electron chi connectivity index (χ1n) is 8.98. The number of halogens is 1. The largest absolute Gasteiger partial charge is 0.495 e. The summed E-state index contributed by atoms with van der Waals surface area (Å²) in [5.41, 5.74) is 3.30. The molecule has 0 fully saturated rings. The van der Waals surface area contributed by atoms with Crippen LogP contribution >= 0.6 is 15.9 Å². The minimum Gasteiger partial charge on any atom is -0.495 e. The van der Waals surface area contributed by atoms with Crippen LogP contribution in [0.5, 0.6) is 11.5 Å². The highest BCUT2D eigenvalue weighted by molar-refractivity contribution is 9.10. The molecule has 0 bridgehead atoms. The monoisotopic (exact) mass is 459 g/mol. The van der Waals surface area contributed by atoms with Crippen LogP contribution in [0.3, 0.4) is 0 Å². The molecule has 0 saturated carbocycles. The number of methoxy groups -OCH3 is 1. The first-order chi connectivity index (χ1) is 13.9. The van der Waals surface area contributed by atoms with Crippen molar-refractivity contribution in [3.05, 3.63) is 63.8 Å². The van der Waals surface area contributed by atoms with Crippen LogP contribution in [-0.2, 0) is 11.4 Å². The van der Waals surface area contributed by atoms with E-state index >= 15 is 0 Å². The van der Waals surface area contributed by atoms with Gasteiger partial charge < -0.3 is 24.3 Å². The smallest absolute Gasteiger partial charge is 0.262 e. The van der Waals surface area contributed by atoms with Gasteiger partial charge in [0.05, 0.1) is 17.3 Å². The van der Waals surface area contributed by atoms with E-state index in [0.717, 1.165) is 21.2 Å². The maximum atomic E-state index is 12.5. The van der Waals surface area contributed by atoms with E-state index in [1.54, 1.807) is 24.3 Å². The molecule has 7 heteroatoms. The van der Waals surface area contributed by atoms with Crippen molar-refractivity contribution in [2.24, 2.45) is 0 Å².